The van der Waals surface area contributed by atoms with E-state index >= 15 is 0 Å². The van der Waals surface area contributed by atoms with Gasteiger partial charge in [-0.1, -0.05) is 6.85 Å². The first-order chi connectivity index (χ1) is 15.4. The molecule has 7 nitrogen and oxygen atoms in total. The van der Waals surface area contributed by atoms with Crippen LogP contribution < -0.4 is 4.90 Å². The van der Waals surface area contributed by atoms with Crippen LogP contribution in [0.5, 0.6) is 0 Å². The van der Waals surface area contributed by atoms with Gasteiger partial charge < -0.3 is 19.6 Å². The number of aromatic nitrogens is 3. The number of hydrogen-bond acceptors (Lipinski definition) is 4. The van der Waals surface area contributed by atoms with Crippen LogP contribution in [0.2, 0.25) is 0 Å². The molecule has 1 aliphatic heterocycles. The molecular weight excluding hydrogens is 304 g/mol. The third kappa shape index (κ3) is 2.92. The van der Waals surface area contributed by atoms with Crippen LogP contribution in [0.3, 0.4) is 0 Å². The van der Waals surface area contributed by atoms with Crippen molar-refractivity contribution in [2.75, 3.05) is 31.5 Å². The van der Waals surface area contributed by atoms with Crippen LogP contribution in [0, 0.1) is 19.4 Å². The predicted octanol–water partition coefficient (Wildman–Crippen LogP) is 1.86. The lowest BCUT2D eigenvalue weighted by Crippen LogP contribution is -2.53. The van der Waals surface area contributed by atoms with Crippen LogP contribution in [0.15, 0.2) is 12.4 Å². The summed E-state index contributed by atoms with van der Waals surface area (Å²) in [6.07, 6.45) is 0.670. The van der Waals surface area contributed by atoms with Gasteiger partial charge in [0.1, 0.15) is 20.5 Å². The maximum atomic E-state index is 12.7. The van der Waals surface area contributed by atoms with Gasteiger partial charge in [-0.05, 0) is 25.3 Å². The summed E-state index contributed by atoms with van der Waals surface area (Å²) in [6.45, 7) is -1.51. The zero-order valence-electron chi connectivity index (χ0n) is 22.9. The van der Waals surface area contributed by atoms with E-state index in [0.29, 0.717) is 10.6 Å². The normalized spacial score (nSPS) is 31.7. The molecule has 1 aliphatic rings. The Hall–Kier alpha value is -2.62. The second-order valence-electron chi connectivity index (χ2n) is 5.41. The molecule has 0 unspecified atom stereocenters. The second-order valence-corrected chi connectivity index (χ2v) is 5.41. The van der Waals surface area contributed by atoms with Crippen molar-refractivity contribution >= 4 is 22.8 Å². The Morgan fingerprint density at radius 1 is 1.75 bits per heavy atom. The van der Waals surface area contributed by atoms with Crippen molar-refractivity contribution in [3.8, 4) is 0 Å². The quantitative estimate of drug-likeness (QED) is 0.869. The van der Waals surface area contributed by atoms with Gasteiger partial charge >= 0.3 is 5.91 Å². The van der Waals surface area contributed by atoms with Gasteiger partial charge in [-0.3, -0.25) is 4.79 Å². The number of hydrogen-bond donors (Lipinski definition) is 1. The molecule has 0 radical (unpaired) electrons. The average Bonchev–Trinajstić information content (AvgIpc) is 2.99. The van der Waals surface area contributed by atoms with Gasteiger partial charge in [0.15, 0.2) is 0 Å². The van der Waals surface area contributed by atoms with Crippen LogP contribution in [-0.2, 0) is 4.79 Å². The van der Waals surface area contributed by atoms with Crippen molar-refractivity contribution in [2.45, 2.75) is 26.2 Å². The van der Waals surface area contributed by atoms with E-state index in [2.05, 4.69) is 19.8 Å². The SMILES string of the molecule is [2H]c1c(C)[nH]c2ncnc(N(C([2H])([2H])[2H])[C@@]3([2H])CN(C(=O)C([2H])([2H])[N+]#[C-])CC[C@H]3C([2H])([2H])[2H])c12. The molecule has 0 aliphatic carbocycles. The molecule has 3 rings (SSSR count). The highest BCUT2D eigenvalue weighted by molar-refractivity contribution is 5.88. The minimum Gasteiger partial charge on any atom is -0.354 e. The van der Waals surface area contributed by atoms with Crippen molar-refractivity contribution in [2.24, 2.45) is 5.92 Å². The number of anilines is 1. The monoisotopic (exact) mass is 336 g/mol. The molecular formula is C17H22N6O. The number of aryl methyl sites for hydroxylation is 1. The fourth-order valence-electron chi connectivity index (χ4n) is 2.64. The van der Waals surface area contributed by atoms with Crippen LogP contribution in [0.25, 0.3) is 15.9 Å². The number of likely N-dealkylation sites (tertiary alicyclic amines) is 1. The summed E-state index contributed by atoms with van der Waals surface area (Å²) in [4.78, 5) is 27.4. The van der Waals surface area contributed by atoms with Crippen molar-refractivity contribution in [1.29, 1.82) is 0 Å². The zero-order chi connectivity index (χ0) is 25.9. The lowest BCUT2D eigenvalue weighted by atomic mass is 9.92. The second kappa shape index (κ2) is 6.48. The Morgan fingerprint density at radius 2 is 2.62 bits per heavy atom. The van der Waals surface area contributed by atoms with Gasteiger partial charge in [0.25, 0.3) is 6.50 Å². The van der Waals surface area contributed by atoms with Gasteiger partial charge in [0.2, 0.25) is 0 Å². The van der Waals surface area contributed by atoms with E-state index < -0.39 is 44.7 Å². The topological polar surface area (TPSA) is 69.5 Å². The fraction of sp³-hybridized carbons (Fsp3) is 0.529. The first-order valence-corrected chi connectivity index (χ1v) is 7.23. The number of carbonyl (C=O) groups excluding carboxylic acids is 1. The van der Waals surface area contributed by atoms with E-state index in [1.807, 2.05) is 0 Å². The number of carbonyl (C=O) groups is 1. The van der Waals surface area contributed by atoms with Gasteiger partial charge in [0, 0.05) is 34.0 Å². The molecule has 7 heteroatoms. The molecule has 1 amide bonds. The summed E-state index contributed by atoms with van der Waals surface area (Å²) in [5, 5.41) is -0.0352. The third-order valence-electron chi connectivity index (χ3n) is 3.83. The maximum Gasteiger partial charge on any atom is 0.302 e. The molecule has 0 aromatic carbocycles. The number of aromatic amines is 1. The summed E-state index contributed by atoms with van der Waals surface area (Å²) in [7, 11) is 0. The number of H-pyrrole nitrogens is 1. The average molecular weight is 336 g/mol. The molecule has 126 valence electrons. The van der Waals surface area contributed by atoms with E-state index in [4.69, 9.17) is 18.9 Å². The largest absolute Gasteiger partial charge is 0.354 e. The highest BCUT2D eigenvalue weighted by atomic mass is 16.2. The molecule has 1 saturated heterocycles. The van der Waals surface area contributed by atoms with E-state index in [9.17, 15) is 6.17 Å². The number of nitrogens with zero attached hydrogens (tertiary/aromatic N) is 5. The van der Waals surface area contributed by atoms with Crippen LogP contribution >= 0.6 is 0 Å². The summed E-state index contributed by atoms with van der Waals surface area (Å²) < 4.78 is 81.2. The predicted molar refractivity (Wildman–Crippen MR) is 92.6 cm³/mol. The Labute approximate surface area is 155 Å². The van der Waals surface area contributed by atoms with Crippen molar-refractivity contribution in [3.63, 3.8) is 0 Å². The Balaban J connectivity index is 2.27. The van der Waals surface area contributed by atoms with Crippen molar-refractivity contribution in [1.82, 2.24) is 19.9 Å². The minimum atomic E-state index is -3.14. The number of rotatable bonds is 3. The highest BCUT2D eigenvalue weighted by Crippen LogP contribution is 2.29. The van der Waals surface area contributed by atoms with Gasteiger partial charge in [-0.15, -0.1) is 0 Å². The zero-order valence-corrected chi connectivity index (χ0v) is 12.9. The number of piperidine rings is 1. The number of likely N-dealkylation sites (N-methyl/N-ethyl adjacent to an activating group) is 1. The van der Waals surface area contributed by atoms with Gasteiger partial charge in [-0.25, -0.2) is 16.5 Å². The smallest absolute Gasteiger partial charge is 0.302 e. The first kappa shape index (κ1) is 7.97. The number of fused-ring (bicyclic) bond motifs is 1. The summed E-state index contributed by atoms with van der Waals surface area (Å²) >= 11 is 0. The molecule has 0 bridgehead atoms. The van der Waals surface area contributed by atoms with Gasteiger partial charge in [-0.2, -0.15) is 0 Å². The Kier molecular flexibility index (Phi) is 2.15. The molecule has 2 aromatic rings. The van der Waals surface area contributed by atoms with Crippen LogP contribution in [0.4, 0.5) is 5.82 Å². The molecule has 1 N–H and O–H groups in total. The summed E-state index contributed by atoms with van der Waals surface area (Å²) in [5.74, 6) is -3.26. The van der Waals surface area contributed by atoms with E-state index in [0.717, 1.165) is 11.2 Å². The van der Waals surface area contributed by atoms with E-state index in [1.165, 1.54) is 0 Å². The lowest BCUT2D eigenvalue weighted by molar-refractivity contribution is -0.130. The Morgan fingerprint density at radius 3 is 3.38 bits per heavy atom. The summed E-state index contributed by atoms with van der Waals surface area (Å²) in [5.41, 5.74) is 0.461. The minimum absolute atomic E-state index is 0.0352. The van der Waals surface area contributed by atoms with Gasteiger partial charge in [0.05, 0.1) is 14.1 Å². The number of nitrogens with one attached hydrogen (secondary N) is 1. The standard InChI is InChI=1S/C17H22N6O/c1-11-5-6-23(15(24)8-18-3)9-14(11)22(4)17-13-7-12(2)21-16(13)19-10-20-17/h7,10-11,14H,5-6,8-9H2,1-2,4H3,(H,19,20,21)/t11-,14+/m1/s1/i1D3,4D3,7D,8D2,14D. The molecule has 2 aromatic heterocycles. The highest BCUT2D eigenvalue weighted by Gasteiger charge is 2.33. The van der Waals surface area contributed by atoms with Crippen molar-refractivity contribution in [3.05, 3.63) is 29.5 Å². The molecule has 2 atom stereocenters. The van der Waals surface area contributed by atoms with Crippen LogP contribution in [0.1, 0.15) is 32.7 Å². The van der Waals surface area contributed by atoms with Crippen LogP contribution in [-0.4, -0.2) is 58.3 Å². The summed E-state index contributed by atoms with van der Waals surface area (Å²) in [6, 6.07) is -2.68. The molecule has 1 fully saturated rings. The molecule has 0 spiro atoms. The molecule has 3 heterocycles. The molecule has 0 saturated carbocycles. The Bertz CT molecular complexity index is 1150. The van der Waals surface area contributed by atoms with E-state index in [1.54, 1.807) is 6.92 Å². The maximum absolute atomic E-state index is 12.7. The number of amides is 1. The lowest BCUT2D eigenvalue weighted by Gasteiger charge is -2.41. The van der Waals surface area contributed by atoms with E-state index in [-0.39, 0.29) is 35.9 Å². The fourth-order valence-corrected chi connectivity index (χ4v) is 2.64. The first-order valence-electron chi connectivity index (χ1n) is 12.2. The van der Waals surface area contributed by atoms with Crippen molar-refractivity contribution < 1.29 is 18.5 Å². The molecule has 24 heavy (non-hydrogen) atoms. The third-order valence-corrected chi connectivity index (χ3v) is 3.83.